The van der Waals surface area contributed by atoms with Crippen LogP contribution in [0.3, 0.4) is 0 Å². The Morgan fingerprint density at radius 2 is 2.13 bits per heavy atom. The van der Waals surface area contributed by atoms with Crippen LogP contribution in [0.2, 0.25) is 0 Å². The zero-order valence-corrected chi connectivity index (χ0v) is 12.8. The molecule has 23 heavy (non-hydrogen) atoms. The maximum absolute atomic E-state index is 12.0. The highest BCUT2D eigenvalue weighted by molar-refractivity contribution is 5.80. The molecule has 0 radical (unpaired) electrons. The summed E-state index contributed by atoms with van der Waals surface area (Å²) < 4.78 is 10.5. The van der Waals surface area contributed by atoms with Crippen LogP contribution >= 0.6 is 0 Å². The first-order valence-corrected chi connectivity index (χ1v) is 7.22. The SMILES string of the molecule is COc1cc(C#N)ccc1OCC(=O)NC1(CC(=O)O)CCC1. The van der Waals surface area contributed by atoms with Crippen LogP contribution in [-0.4, -0.2) is 36.2 Å². The topological polar surface area (TPSA) is 109 Å². The highest BCUT2D eigenvalue weighted by atomic mass is 16.5. The lowest BCUT2D eigenvalue weighted by atomic mass is 9.74. The van der Waals surface area contributed by atoms with Crippen molar-refractivity contribution >= 4 is 11.9 Å². The highest BCUT2D eigenvalue weighted by Gasteiger charge is 2.40. The lowest BCUT2D eigenvalue weighted by Gasteiger charge is -2.41. The number of carbonyl (C=O) groups excluding carboxylic acids is 1. The largest absolute Gasteiger partial charge is 0.493 e. The Morgan fingerprint density at radius 1 is 1.39 bits per heavy atom. The molecule has 1 aromatic carbocycles. The monoisotopic (exact) mass is 318 g/mol. The van der Waals surface area contributed by atoms with E-state index in [1.165, 1.54) is 13.2 Å². The molecule has 0 spiro atoms. The average molecular weight is 318 g/mol. The number of nitriles is 1. The van der Waals surface area contributed by atoms with Gasteiger partial charge in [0.2, 0.25) is 0 Å². The van der Waals surface area contributed by atoms with Crippen LogP contribution in [0.25, 0.3) is 0 Å². The highest BCUT2D eigenvalue weighted by Crippen LogP contribution is 2.35. The number of benzene rings is 1. The van der Waals surface area contributed by atoms with Crippen LogP contribution in [0.1, 0.15) is 31.2 Å². The summed E-state index contributed by atoms with van der Waals surface area (Å²) in [6, 6.07) is 6.63. The summed E-state index contributed by atoms with van der Waals surface area (Å²) in [7, 11) is 1.44. The Bertz CT molecular complexity index is 646. The van der Waals surface area contributed by atoms with Crippen molar-refractivity contribution in [3.63, 3.8) is 0 Å². The Balaban J connectivity index is 1.94. The molecule has 1 amide bonds. The van der Waals surface area contributed by atoms with E-state index in [0.717, 1.165) is 6.42 Å². The van der Waals surface area contributed by atoms with Crippen LogP contribution < -0.4 is 14.8 Å². The molecule has 0 unspecified atom stereocenters. The van der Waals surface area contributed by atoms with Crippen LogP contribution in [0, 0.1) is 11.3 Å². The summed E-state index contributed by atoms with van der Waals surface area (Å²) in [5.41, 5.74) is -0.227. The second kappa shape index (κ2) is 7.01. The summed E-state index contributed by atoms with van der Waals surface area (Å²) in [6.45, 7) is -0.246. The van der Waals surface area contributed by atoms with E-state index in [1.807, 2.05) is 6.07 Å². The van der Waals surface area contributed by atoms with Gasteiger partial charge in [-0.3, -0.25) is 9.59 Å². The van der Waals surface area contributed by atoms with Crippen molar-refractivity contribution in [2.24, 2.45) is 0 Å². The molecule has 122 valence electrons. The zero-order valence-electron chi connectivity index (χ0n) is 12.8. The molecule has 1 aliphatic carbocycles. The fourth-order valence-electron chi connectivity index (χ4n) is 2.57. The molecule has 0 bridgehead atoms. The van der Waals surface area contributed by atoms with E-state index < -0.39 is 11.5 Å². The van der Waals surface area contributed by atoms with Gasteiger partial charge in [0.05, 0.1) is 30.7 Å². The predicted octanol–water partition coefficient (Wildman–Crippen LogP) is 1.46. The molecular formula is C16H18N2O5. The summed E-state index contributed by atoms with van der Waals surface area (Å²) >= 11 is 0. The number of carboxylic acids is 1. The number of methoxy groups -OCH3 is 1. The van der Waals surface area contributed by atoms with Crippen molar-refractivity contribution in [3.8, 4) is 17.6 Å². The smallest absolute Gasteiger partial charge is 0.305 e. The van der Waals surface area contributed by atoms with Gasteiger partial charge < -0.3 is 19.9 Å². The number of nitrogens with zero attached hydrogens (tertiary/aromatic N) is 1. The van der Waals surface area contributed by atoms with Crippen molar-refractivity contribution in [2.45, 2.75) is 31.2 Å². The van der Waals surface area contributed by atoms with E-state index in [-0.39, 0.29) is 18.9 Å². The number of amides is 1. The van der Waals surface area contributed by atoms with E-state index in [4.69, 9.17) is 19.8 Å². The van der Waals surface area contributed by atoms with Gasteiger partial charge in [-0.25, -0.2) is 0 Å². The van der Waals surface area contributed by atoms with Gasteiger partial charge in [0.15, 0.2) is 18.1 Å². The minimum absolute atomic E-state index is 0.0844. The van der Waals surface area contributed by atoms with Crippen molar-refractivity contribution in [1.82, 2.24) is 5.32 Å². The molecule has 2 rings (SSSR count). The quantitative estimate of drug-likeness (QED) is 0.788. The molecular weight excluding hydrogens is 300 g/mol. The van der Waals surface area contributed by atoms with E-state index in [2.05, 4.69) is 5.32 Å². The molecule has 0 heterocycles. The van der Waals surface area contributed by atoms with Crippen LogP contribution in [-0.2, 0) is 9.59 Å². The molecule has 1 saturated carbocycles. The lowest BCUT2D eigenvalue weighted by Crippen LogP contribution is -2.55. The maximum Gasteiger partial charge on any atom is 0.305 e. The molecule has 7 nitrogen and oxygen atoms in total. The number of hydrogen-bond donors (Lipinski definition) is 2. The van der Waals surface area contributed by atoms with Gasteiger partial charge in [0.1, 0.15) is 0 Å². The number of nitrogens with one attached hydrogen (secondary N) is 1. The molecule has 0 saturated heterocycles. The molecule has 1 aliphatic rings. The molecule has 2 N–H and O–H groups in total. The third-order valence-corrected chi connectivity index (χ3v) is 3.86. The number of carboxylic acid groups (broad SMARTS) is 1. The van der Waals surface area contributed by atoms with E-state index in [1.54, 1.807) is 12.1 Å². The predicted molar refractivity (Wildman–Crippen MR) is 80.2 cm³/mol. The number of hydrogen-bond acceptors (Lipinski definition) is 5. The number of rotatable bonds is 7. The van der Waals surface area contributed by atoms with Crippen molar-refractivity contribution < 1.29 is 24.2 Å². The fourth-order valence-corrected chi connectivity index (χ4v) is 2.57. The minimum Gasteiger partial charge on any atom is -0.493 e. The summed E-state index contributed by atoms with van der Waals surface area (Å²) in [5.74, 6) is -0.597. The van der Waals surface area contributed by atoms with Gasteiger partial charge in [-0.1, -0.05) is 0 Å². The summed E-state index contributed by atoms with van der Waals surface area (Å²) in [4.78, 5) is 22.9. The molecule has 7 heteroatoms. The summed E-state index contributed by atoms with van der Waals surface area (Å²) in [5, 5.41) is 20.5. The van der Waals surface area contributed by atoms with Gasteiger partial charge in [-0.2, -0.15) is 5.26 Å². The van der Waals surface area contributed by atoms with Crippen molar-refractivity contribution in [1.29, 1.82) is 5.26 Å². The Kier molecular flexibility index (Phi) is 5.06. The van der Waals surface area contributed by atoms with E-state index >= 15 is 0 Å². The van der Waals surface area contributed by atoms with Gasteiger partial charge in [-0.05, 0) is 31.4 Å². The summed E-state index contributed by atoms with van der Waals surface area (Å²) in [6.07, 6.45) is 2.13. The number of aliphatic carboxylic acids is 1. The molecule has 1 fully saturated rings. The van der Waals surface area contributed by atoms with Crippen molar-refractivity contribution in [3.05, 3.63) is 23.8 Å². The first-order valence-electron chi connectivity index (χ1n) is 7.22. The number of carbonyl (C=O) groups is 2. The molecule has 0 aliphatic heterocycles. The third-order valence-electron chi connectivity index (χ3n) is 3.86. The fraction of sp³-hybridized carbons (Fsp3) is 0.438. The van der Waals surface area contributed by atoms with Gasteiger partial charge in [0.25, 0.3) is 5.91 Å². The van der Waals surface area contributed by atoms with Crippen LogP contribution in [0.4, 0.5) is 0 Å². The van der Waals surface area contributed by atoms with Gasteiger partial charge in [0, 0.05) is 6.07 Å². The average Bonchev–Trinajstić information content (AvgIpc) is 2.50. The Morgan fingerprint density at radius 3 is 2.65 bits per heavy atom. The second-order valence-corrected chi connectivity index (χ2v) is 5.52. The zero-order chi connectivity index (χ0) is 16.9. The first kappa shape index (κ1) is 16.6. The normalized spacial score (nSPS) is 15.0. The second-order valence-electron chi connectivity index (χ2n) is 5.52. The standard InChI is InChI=1S/C16H18N2O5/c1-22-13-7-11(9-17)3-4-12(13)23-10-14(19)18-16(5-2-6-16)8-15(20)21/h3-4,7H,2,5-6,8,10H2,1H3,(H,18,19)(H,20,21). The maximum atomic E-state index is 12.0. The van der Waals surface area contributed by atoms with E-state index in [0.29, 0.717) is 29.9 Å². The Hall–Kier alpha value is -2.75. The lowest BCUT2D eigenvalue weighted by molar-refractivity contribution is -0.140. The third kappa shape index (κ3) is 4.13. The molecule has 0 atom stereocenters. The Labute approximate surface area is 133 Å². The molecule has 1 aromatic rings. The number of ether oxygens (including phenoxy) is 2. The molecule has 0 aromatic heterocycles. The van der Waals surface area contributed by atoms with Crippen LogP contribution in [0.15, 0.2) is 18.2 Å². The first-order chi connectivity index (χ1) is 11.0. The van der Waals surface area contributed by atoms with Gasteiger partial charge in [-0.15, -0.1) is 0 Å². The van der Waals surface area contributed by atoms with Crippen molar-refractivity contribution in [2.75, 3.05) is 13.7 Å². The van der Waals surface area contributed by atoms with Gasteiger partial charge >= 0.3 is 5.97 Å². The van der Waals surface area contributed by atoms with Crippen LogP contribution in [0.5, 0.6) is 11.5 Å². The van der Waals surface area contributed by atoms with E-state index in [9.17, 15) is 9.59 Å². The minimum atomic E-state index is -0.931.